The van der Waals surface area contributed by atoms with E-state index in [2.05, 4.69) is 36.7 Å². The van der Waals surface area contributed by atoms with Crippen LogP contribution in [0.2, 0.25) is 0 Å². The Hall–Kier alpha value is -2.75. The second kappa shape index (κ2) is 6.57. The summed E-state index contributed by atoms with van der Waals surface area (Å²) in [6.07, 6.45) is 3.75. The van der Waals surface area contributed by atoms with Gasteiger partial charge in [0.15, 0.2) is 11.6 Å². The molecule has 0 bridgehead atoms. The van der Waals surface area contributed by atoms with Crippen molar-refractivity contribution in [2.75, 3.05) is 23.3 Å². The summed E-state index contributed by atoms with van der Waals surface area (Å²) in [5, 5.41) is 29.2. The predicted molar refractivity (Wildman–Crippen MR) is 87.1 cm³/mol. The van der Waals surface area contributed by atoms with E-state index < -0.39 is 0 Å². The van der Waals surface area contributed by atoms with Crippen LogP contribution in [-0.2, 0) is 0 Å². The predicted octanol–water partition coefficient (Wildman–Crippen LogP) is 1.84. The summed E-state index contributed by atoms with van der Waals surface area (Å²) in [5.41, 5.74) is 2.25. The first-order chi connectivity index (χ1) is 11.2. The van der Waals surface area contributed by atoms with Crippen molar-refractivity contribution in [3.05, 3.63) is 35.2 Å². The lowest BCUT2D eigenvalue weighted by Crippen LogP contribution is -2.43. The smallest absolute Gasteiger partial charge is 0.167 e. The van der Waals surface area contributed by atoms with Gasteiger partial charge >= 0.3 is 0 Å². The number of rotatable bonds is 3. The van der Waals surface area contributed by atoms with Crippen LogP contribution in [0.4, 0.5) is 11.6 Å². The molecule has 1 N–H and O–H groups in total. The molecule has 1 saturated heterocycles. The number of aryl methyl sites for hydroxylation is 1. The van der Waals surface area contributed by atoms with Crippen molar-refractivity contribution < 1.29 is 0 Å². The first kappa shape index (κ1) is 15.2. The fraction of sp³-hybridized carbons (Fsp3) is 0.438. The number of nitrogens with zero attached hydrogens (tertiary/aromatic N) is 6. The fourth-order valence-corrected chi connectivity index (χ4v) is 2.80. The third-order valence-electron chi connectivity index (χ3n) is 4.21. The van der Waals surface area contributed by atoms with Crippen molar-refractivity contribution in [3.8, 4) is 6.07 Å². The molecule has 0 aromatic carbocycles. The van der Waals surface area contributed by atoms with Crippen LogP contribution in [0.25, 0.3) is 0 Å². The fourth-order valence-electron chi connectivity index (χ4n) is 2.80. The van der Waals surface area contributed by atoms with Gasteiger partial charge in [0.25, 0.3) is 0 Å². The topological polar surface area (TPSA) is 90.6 Å². The van der Waals surface area contributed by atoms with E-state index in [1.54, 1.807) is 6.20 Å². The number of nitrogens with one attached hydrogen (secondary N) is 1. The molecule has 0 radical (unpaired) electrons. The number of anilines is 2. The lowest BCUT2D eigenvalue weighted by molar-refractivity contribution is 0.523. The van der Waals surface area contributed by atoms with Gasteiger partial charge in [-0.2, -0.15) is 15.5 Å². The van der Waals surface area contributed by atoms with E-state index in [-0.39, 0.29) is 6.04 Å². The molecular formula is C16H19N7. The van der Waals surface area contributed by atoms with Gasteiger partial charge in [-0.05, 0) is 44.4 Å². The number of piperidine rings is 1. The lowest BCUT2D eigenvalue weighted by atomic mass is 10.0. The Balaban J connectivity index is 1.76. The minimum atomic E-state index is 0.203. The monoisotopic (exact) mass is 309 g/mol. The maximum Gasteiger partial charge on any atom is 0.167 e. The minimum Gasteiger partial charge on any atom is -0.363 e. The zero-order valence-electron chi connectivity index (χ0n) is 13.3. The van der Waals surface area contributed by atoms with E-state index in [4.69, 9.17) is 0 Å². The third-order valence-corrected chi connectivity index (χ3v) is 4.21. The Morgan fingerprint density at radius 2 is 2.17 bits per heavy atom. The van der Waals surface area contributed by atoms with Gasteiger partial charge in [0.2, 0.25) is 0 Å². The van der Waals surface area contributed by atoms with Crippen LogP contribution in [0.1, 0.15) is 29.7 Å². The highest BCUT2D eigenvalue weighted by Crippen LogP contribution is 2.22. The van der Waals surface area contributed by atoms with Crippen LogP contribution in [0.15, 0.2) is 18.3 Å². The van der Waals surface area contributed by atoms with Crippen LogP contribution in [-0.4, -0.2) is 39.5 Å². The lowest BCUT2D eigenvalue weighted by Gasteiger charge is -2.34. The molecule has 0 amide bonds. The molecule has 3 heterocycles. The van der Waals surface area contributed by atoms with Gasteiger partial charge < -0.3 is 10.2 Å². The Labute approximate surface area is 135 Å². The highest BCUT2D eigenvalue weighted by molar-refractivity contribution is 5.56. The molecular weight excluding hydrogens is 290 g/mol. The Morgan fingerprint density at radius 1 is 1.30 bits per heavy atom. The third kappa shape index (κ3) is 3.21. The van der Waals surface area contributed by atoms with E-state index in [9.17, 15) is 5.26 Å². The molecule has 3 rings (SSSR count). The summed E-state index contributed by atoms with van der Waals surface area (Å²) in [7, 11) is 0. The standard InChI is InChI=1S/C16H19N7/c1-11-12(2)20-22-16(14(11)9-17)19-13-5-4-8-23(10-13)15-6-3-7-18-21-15/h3,6-7,13H,4-5,8,10H2,1-2H3,(H,19,22). The number of nitriles is 1. The second-order valence-electron chi connectivity index (χ2n) is 5.76. The Bertz CT molecular complexity index is 723. The minimum absolute atomic E-state index is 0.203. The van der Waals surface area contributed by atoms with Crippen LogP contribution < -0.4 is 10.2 Å². The van der Waals surface area contributed by atoms with Crippen molar-refractivity contribution >= 4 is 11.6 Å². The van der Waals surface area contributed by atoms with Gasteiger partial charge in [-0.1, -0.05) is 0 Å². The summed E-state index contributed by atoms with van der Waals surface area (Å²) in [4.78, 5) is 2.20. The Kier molecular flexibility index (Phi) is 4.33. The maximum absolute atomic E-state index is 9.40. The zero-order valence-corrected chi connectivity index (χ0v) is 13.3. The molecule has 2 aromatic heterocycles. The van der Waals surface area contributed by atoms with Gasteiger partial charge in [-0.15, -0.1) is 10.2 Å². The summed E-state index contributed by atoms with van der Waals surface area (Å²) in [6.45, 7) is 5.53. The quantitative estimate of drug-likeness (QED) is 0.925. The largest absolute Gasteiger partial charge is 0.363 e. The molecule has 2 aromatic rings. The maximum atomic E-state index is 9.40. The summed E-state index contributed by atoms with van der Waals surface area (Å²) < 4.78 is 0. The van der Waals surface area contributed by atoms with Gasteiger partial charge in [-0.3, -0.25) is 0 Å². The van der Waals surface area contributed by atoms with Crippen LogP contribution in [0.5, 0.6) is 0 Å². The molecule has 1 unspecified atom stereocenters. The van der Waals surface area contributed by atoms with Crippen molar-refractivity contribution in [1.29, 1.82) is 5.26 Å². The molecule has 0 spiro atoms. The Morgan fingerprint density at radius 3 is 2.91 bits per heavy atom. The van der Waals surface area contributed by atoms with Crippen molar-refractivity contribution in [3.63, 3.8) is 0 Å². The number of hydrogen-bond donors (Lipinski definition) is 1. The summed E-state index contributed by atoms with van der Waals surface area (Å²) in [6, 6.07) is 6.29. The molecule has 7 heteroatoms. The summed E-state index contributed by atoms with van der Waals surface area (Å²) >= 11 is 0. The van der Waals surface area contributed by atoms with Gasteiger partial charge in [0.05, 0.1) is 5.69 Å². The first-order valence-electron chi connectivity index (χ1n) is 7.72. The number of aromatic nitrogens is 4. The number of hydrogen-bond acceptors (Lipinski definition) is 7. The molecule has 0 aliphatic carbocycles. The average molecular weight is 309 g/mol. The normalized spacial score (nSPS) is 17.6. The van der Waals surface area contributed by atoms with Crippen molar-refractivity contribution in [2.45, 2.75) is 32.7 Å². The first-order valence-corrected chi connectivity index (χ1v) is 7.72. The molecule has 1 fully saturated rings. The van der Waals surface area contributed by atoms with Crippen LogP contribution in [0, 0.1) is 25.2 Å². The van der Waals surface area contributed by atoms with Crippen LogP contribution in [0.3, 0.4) is 0 Å². The SMILES string of the molecule is Cc1nnc(NC2CCCN(c3cccnn3)C2)c(C#N)c1C. The molecule has 1 aliphatic rings. The van der Waals surface area contributed by atoms with Crippen molar-refractivity contribution in [1.82, 2.24) is 20.4 Å². The van der Waals surface area contributed by atoms with Gasteiger partial charge in [0, 0.05) is 25.3 Å². The summed E-state index contributed by atoms with van der Waals surface area (Å²) in [5.74, 6) is 1.45. The average Bonchev–Trinajstić information content (AvgIpc) is 2.60. The van der Waals surface area contributed by atoms with Gasteiger partial charge in [-0.25, -0.2) is 0 Å². The highest BCUT2D eigenvalue weighted by atomic mass is 15.3. The van der Waals surface area contributed by atoms with E-state index in [1.807, 2.05) is 26.0 Å². The molecule has 118 valence electrons. The molecule has 0 saturated carbocycles. The molecule has 7 nitrogen and oxygen atoms in total. The highest BCUT2D eigenvalue weighted by Gasteiger charge is 2.23. The molecule has 23 heavy (non-hydrogen) atoms. The van der Waals surface area contributed by atoms with Gasteiger partial charge in [0.1, 0.15) is 11.6 Å². The molecule has 1 aliphatic heterocycles. The van der Waals surface area contributed by atoms with Crippen molar-refractivity contribution in [2.24, 2.45) is 0 Å². The van der Waals surface area contributed by atoms with E-state index >= 15 is 0 Å². The van der Waals surface area contributed by atoms with Crippen LogP contribution >= 0.6 is 0 Å². The second-order valence-corrected chi connectivity index (χ2v) is 5.76. The van der Waals surface area contributed by atoms with E-state index in [0.717, 1.165) is 43.0 Å². The molecule has 1 atom stereocenters. The van der Waals surface area contributed by atoms with E-state index in [0.29, 0.717) is 11.4 Å². The van der Waals surface area contributed by atoms with E-state index in [1.165, 1.54) is 0 Å². The zero-order chi connectivity index (χ0) is 16.2.